The van der Waals surface area contributed by atoms with Gasteiger partial charge in [0.2, 0.25) is 0 Å². The molecule has 1 aromatic rings. The molecule has 2 amide bonds. The van der Waals surface area contributed by atoms with Gasteiger partial charge in [0.05, 0.1) is 13.2 Å². The SMILES string of the molecule is COCCOCNC(=O)NCCc1cccc(Br)c1. The summed E-state index contributed by atoms with van der Waals surface area (Å²) in [7, 11) is 1.60. The number of nitrogens with one attached hydrogen (secondary N) is 2. The number of carbonyl (C=O) groups excluding carboxylic acids is 1. The Morgan fingerprint density at radius 2 is 2.16 bits per heavy atom. The molecule has 0 atom stereocenters. The van der Waals surface area contributed by atoms with Gasteiger partial charge in [-0.05, 0) is 24.1 Å². The Morgan fingerprint density at radius 1 is 1.32 bits per heavy atom. The van der Waals surface area contributed by atoms with E-state index in [0.717, 1.165) is 10.9 Å². The van der Waals surface area contributed by atoms with E-state index in [4.69, 9.17) is 9.47 Å². The lowest BCUT2D eigenvalue weighted by atomic mass is 10.1. The Labute approximate surface area is 121 Å². The summed E-state index contributed by atoms with van der Waals surface area (Å²) in [6.07, 6.45) is 0.789. The Bertz CT molecular complexity index is 388. The topological polar surface area (TPSA) is 59.6 Å². The van der Waals surface area contributed by atoms with E-state index in [9.17, 15) is 4.79 Å². The molecule has 106 valence electrons. The number of hydrogen-bond donors (Lipinski definition) is 2. The predicted molar refractivity (Wildman–Crippen MR) is 77.1 cm³/mol. The highest BCUT2D eigenvalue weighted by molar-refractivity contribution is 9.10. The van der Waals surface area contributed by atoms with Gasteiger partial charge in [-0.3, -0.25) is 0 Å². The minimum Gasteiger partial charge on any atom is -0.382 e. The van der Waals surface area contributed by atoms with Crippen molar-refractivity contribution in [2.45, 2.75) is 6.42 Å². The van der Waals surface area contributed by atoms with Crippen LogP contribution in [0.1, 0.15) is 5.56 Å². The normalized spacial score (nSPS) is 10.2. The van der Waals surface area contributed by atoms with Crippen LogP contribution in [0.5, 0.6) is 0 Å². The number of carbonyl (C=O) groups is 1. The van der Waals surface area contributed by atoms with Crippen LogP contribution < -0.4 is 10.6 Å². The first-order valence-corrected chi connectivity index (χ1v) is 6.84. The molecule has 0 saturated heterocycles. The molecule has 2 N–H and O–H groups in total. The van der Waals surface area contributed by atoms with E-state index in [2.05, 4.69) is 26.6 Å². The molecule has 0 fully saturated rings. The highest BCUT2D eigenvalue weighted by Crippen LogP contribution is 2.11. The van der Waals surface area contributed by atoms with Gasteiger partial charge in [-0.15, -0.1) is 0 Å². The molecule has 5 nitrogen and oxygen atoms in total. The summed E-state index contributed by atoms with van der Waals surface area (Å²) in [6.45, 7) is 1.76. The molecule has 0 aliphatic carbocycles. The van der Waals surface area contributed by atoms with Crippen LogP contribution in [0, 0.1) is 0 Å². The molecule has 0 saturated carbocycles. The highest BCUT2D eigenvalue weighted by atomic mass is 79.9. The van der Waals surface area contributed by atoms with Crippen LogP contribution in [0.4, 0.5) is 4.79 Å². The van der Waals surface area contributed by atoms with Crippen molar-refractivity contribution in [3.63, 3.8) is 0 Å². The summed E-state index contributed by atoms with van der Waals surface area (Å²) in [5.74, 6) is 0. The molecular weight excluding hydrogens is 312 g/mol. The fraction of sp³-hybridized carbons (Fsp3) is 0.462. The zero-order chi connectivity index (χ0) is 13.9. The van der Waals surface area contributed by atoms with Gasteiger partial charge in [0.15, 0.2) is 0 Å². The van der Waals surface area contributed by atoms with E-state index in [1.807, 2.05) is 24.3 Å². The van der Waals surface area contributed by atoms with Gasteiger partial charge in [-0.25, -0.2) is 4.79 Å². The minimum atomic E-state index is -0.229. The molecule has 0 heterocycles. The van der Waals surface area contributed by atoms with Crippen molar-refractivity contribution in [3.05, 3.63) is 34.3 Å². The zero-order valence-electron chi connectivity index (χ0n) is 10.9. The van der Waals surface area contributed by atoms with Gasteiger partial charge < -0.3 is 20.1 Å². The van der Waals surface area contributed by atoms with Crippen LogP contribution in [0.25, 0.3) is 0 Å². The third-order valence-corrected chi connectivity index (χ3v) is 2.85. The Balaban J connectivity index is 2.07. The molecule has 1 aromatic carbocycles. The van der Waals surface area contributed by atoms with Crippen LogP contribution >= 0.6 is 15.9 Å². The van der Waals surface area contributed by atoms with E-state index in [-0.39, 0.29) is 12.8 Å². The monoisotopic (exact) mass is 330 g/mol. The number of urea groups is 1. The number of rotatable bonds is 8. The Kier molecular flexibility index (Phi) is 8.20. The summed E-state index contributed by atoms with van der Waals surface area (Å²) in [4.78, 5) is 11.4. The van der Waals surface area contributed by atoms with Crippen molar-refractivity contribution in [1.82, 2.24) is 10.6 Å². The fourth-order valence-corrected chi connectivity index (χ4v) is 1.85. The van der Waals surface area contributed by atoms with Gasteiger partial charge in [0.25, 0.3) is 0 Å². The van der Waals surface area contributed by atoms with Crippen molar-refractivity contribution in [3.8, 4) is 0 Å². The van der Waals surface area contributed by atoms with Gasteiger partial charge >= 0.3 is 6.03 Å². The number of hydrogen-bond acceptors (Lipinski definition) is 3. The van der Waals surface area contributed by atoms with Gasteiger partial charge in [-0.2, -0.15) is 0 Å². The molecule has 0 radical (unpaired) electrons. The largest absolute Gasteiger partial charge is 0.382 e. The van der Waals surface area contributed by atoms with Crippen LogP contribution in [0.2, 0.25) is 0 Å². The molecule has 0 aromatic heterocycles. The van der Waals surface area contributed by atoms with Gasteiger partial charge in [0, 0.05) is 18.1 Å². The lowest BCUT2D eigenvalue weighted by Crippen LogP contribution is -2.38. The first-order valence-electron chi connectivity index (χ1n) is 6.05. The second kappa shape index (κ2) is 9.77. The lowest BCUT2D eigenvalue weighted by Gasteiger charge is -2.08. The highest BCUT2D eigenvalue weighted by Gasteiger charge is 1.99. The molecule has 19 heavy (non-hydrogen) atoms. The summed E-state index contributed by atoms with van der Waals surface area (Å²) in [5, 5.41) is 5.37. The Morgan fingerprint density at radius 3 is 2.89 bits per heavy atom. The second-order valence-electron chi connectivity index (χ2n) is 3.86. The number of ether oxygens (including phenoxy) is 2. The van der Waals surface area contributed by atoms with Crippen molar-refractivity contribution < 1.29 is 14.3 Å². The number of benzene rings is 1. The number of halogens is 1. The van der Waals surface area contributed by atoms with Gasteiger partial charge in [-0.1, -0.05) is 28.1 Å². The van der Waals surface area contributed by atoms with Crippen LogP contribution in [0.15, 0.2) is 28.7 Å². The molecule has 0 unspecified atom stereocenters. The first-order chi connectivity index (χ1) is 9.22. The maximum Gasteiger partial charge on any atom is 0.316 e. The summed E-state index contributed by atoms with van der Waals surface area (Å²) in [5.41, 5.74) is 1.17. The minimum absolute atomic E-state index is 0.187. The molecular formula is C13H19BrN2O3. The van der Waals surface area contributed by atoms with Gasteiger partial charge in [0.1, 0.15) is 6.73 Å². The number of methoxy groups -OCH3 is 1. The van der Waals surface area contributed by atoms with E-state index < -0.39 is 0 Å². The third kappa shape index (κ3) is 7.81. The third-order valence-electron chi connectivity index (χ3n) is 2.35. The zero-order valence-corrected chi connectivity index (χ0v) is 12.5. The molecule has 0 spiro atoms. The maximum absolute atomic E-state index is 11.4. The van der Waals surface area contributed by atoms with Crippen molar-refractivity contribution in [1.29, 1.82) is 0 Å². The quantitative estimate of drug-likeness (QED) is 0.565. The van der Waals surface area contributed by atoms with Crippen molar-refractivity contribution in [2.24, 2.45) is 0 Å². The van der Waals surface area contributed by atoms with Crippen LogP contribution in [-0.4, -0.2) is 39.6 Å². The van der Waals surface area contributed by atoms with E-state index in [0.29, 0.717) is 19.8 Å². The molecule has 6 heteroatoms. The molecule has 1 rings (SSSR count). The van der Waals surface area contributed by atoms with E-state index >= 15 is 0 Å². The second-order valence-corrected chi connectivity index (χ2v) is 4.77. The van der Waals surface area contributed by atoms with Crippen molar-refractivity contribution >= 4 is 22.0 Å². The summed E-state index contributed by atoms with van der Waals surface area (Å²) in [6, 6.07) is 7.78. The average Bonchev–Trinajstić information content (AvgIpc) is 2.38. The average molecular weight is 331 g/mol. The number of amides is 2. The fourth-order valence-electron chi connectivity index (χ4n) is 1.41. The van der Waals surface area contributed by atoms with E-state index in [1.54, 1.807) is 7.11 Å². The maximum atomic E-state index is 11.4. The van der Waals surface area contributed by atoms with Crippen molar-refractivity contribution in [2.75, 3.05) is 33.6 Å². The van der Waals surface area contributed by atoms with E-state index in [1.165, 1.54) is 5.56 Å². The lowest BCUT2D eigenvalue weighted by molar-refractivity contribution is 0.0643. The van der Waals surface area contributed by atoms with Crippen LogP contribution in [0.3, 0.4) is 0 Å². The molecule has 0 aliphatic rings. The van der Waals surface area contributed by atoms with Crippen LogP contribution in [-0.2, 0) is 15.9 Å². The molecule has 0 aliphatic heterocycles. The Hall–Kier alpha value is -1.11. The summed E-state index contributed by atoms with van der Waals surface area (Å²) < 4.78 is 11.0. The predicted octanol–water partition coefficient (Wildman–Crippen LogP) is 1.91. The summed E-state index contributed by atoms with van der Waals surface area (Å²) >= 11 is 3.41. The smallest absolute Gasteiger partial charge is 0.316 e. The first kappa shape index (κ1) is 15.9. The standard InChI is InChI=1S/C13H19BrN2O3/c1-18-7-8-19-10-16-13(17)15-6-5-11-3-2-4-12(14)9-11/h2-4,9H,5-8,10H2,1H3,(H2,15,16,17). The molecule has 0 bridgehead atoms.